The second-order valence-corrected chi connectivity index (χ2v) is 5.02. The molecule has 0 aromatic heterocycles. The predicted molar refractivity (Wildman–Crippen MR) is 70.6 cm³/mol. The van der Waals surface area contributed by atoms with Gasteiger partial charge in [0.05, 0.1) is 0 Å². The molecule has 0 aliphatic heterocycles. The highest BCUT2D eigenvalue weighted by atomic mass is 32.1. The Kier molecular flexibility index (Phi) is 8.22. The summed E-state index contributed by atoms with van der Waals surface area (Å²) in [6.07, 6.45) is 8.04. The highest BCUT2D eigenvalue weighted by Crippen LogP contribution is 2.32. The van der Waals surface area contributed by atoms with Crippen molar-refractivity contribution in [1.82, 2.24) is 0 Å². The number of carbonyl (C=O) groups excluding carboxylic acids is 1. The van der Waals surface area contributed by atoms with Crippen molar-refractivity contribution in [2.75, 3.05) is 5.75 Å². The zero-order valence-electron chi connectivity index (χ0n) is 10.5. The highest BCUT2D eigenvalue weighted by molar-refractivity contribution is 7.81. The number of unbranched alkanes of at least 4 members (excludes halogenated alkanes) is 3. The Morgan fingerprint density at radius 2 is 1.60 bits per heavy atom. The Morgan fingerprint density at radius 3 is 2.07 bits per heavy atom. The molecule has 0 spiro atoms. The Hall–Kier alpha value is 0.0200. The number of ketones is 1. The van der Waals surface area contributed by atoms with Gasteiger partial charge in [-0.3, -0.25) is 4.79 Å². The first-order chi connectivity index (χ1) is 7.10. The fourth-order valence-electron chi connectivity index (χ4n) is 1.93. The fourth-order valence-corrected chi connectivity index (χ4v) is 2.31. The quantitative estimate of drug-likeness (QED) is 0.462. The molecule has 0 radical (unpaired) electrons. The monoisotopic (exact) mass is 230 g/mol. The second kappa shape index (κ2) is 8.20. The van der Waals surface area contributed by atoms with E-state index in [9.17, 15) is 4.79 Å². The van der Waals surface area contributed by atoms with Crippen LogP contribution in [-0.2, 0) is 4.79 Å². The molecule has 1 nitrogen and oxygen atoms in total. The van der Waals surface area contributed by atoms with Crippen molar-refractivity contribution < 1.29 is 4.79 Å². The van der Waals surface area contributed by atoms with E-state index in [1.807, 2.05) is 0 Å². The third-order valence-electron chi connectivity index (χ3n) is 3.23. The molecule has 0 bridgehead atoms. The zero-order chi connectivity index (χ0) is 11.7. The Balaban J connectivity index is 4.20. The lowest BCUT2D eigenvalue weighted by Gasteiger charge is -2.27. The molecule has 90 valence electrons. The van der Waals surface area contributed by atoms with E-state index < -0.39 is 0 Å². The van der Waals surface area contributed by atoms with Crippen LogP contribution in [0.2, 0.25) is 0 Å². The SMILES string of the molecule is CCCCCC(C)(CCCC)C(=O)CS. The van der Waals surface area contributed by atoms with Crippen LogP contribution in [0.1, 0.15) is 65.7 Å². The van der Waals surface area contributed by atoms with E-state index in [0.29, 0.717) is 11.5 Å². The normalized spacial score (nSPS) is 14.9. The molecule has 0 heterocycles. The lowest BCUT2D eigenvalue weighted by Crippen LogP contribution is -2.29. The summed E-state index contributed by atoms with van der Waals surface area (Å²) in [7, 11) is 0. The van der Waals surface area contributed by atoms with Crippen LogP contribution >= 0.6 is 12.6 Å². The van der Waals surface area contributed by atoms with Crippen molar-refractivity contribution in [3.63, 3.8) is 0 Å². The first-order valence-electron chi connectivity index (χ1n) is 6.25. The van der Waals surface area contributed by atoms with Gasteiger partial charge in [-0.2, -0.15) is 12.6 Å². The Labute approximate surface area is 100 Å². The minimum atomic E-state index is -0.104. The number of hydrogen-bond acceptors (Lipinski definition) is 2. The molecule has 1 atom stereocenters. The maximum atomic E-state index is 11.9. The molecule has 0 N–H and O–H groups in total. The molecule has 0 saturated heterocycles. The van der Waals surface area contributed by atoms with Crippen LogP contribution < -0.4 is 0 Å². The maximum absolute atomic E-state index is 11.9. The molecule has 0 amide bonds. The van der Waals surface area contributed by atoms with E-state index in [-0.39, 0.29) is 5.41 Å². The number of carbonyl (C=O) groups is 1. The van der Waals surface area contributed by atoms with Crippen molar-refractivity contribution in [3.8, 4) is 0 Å². The van der Waals surface area contributed by atoms with Crippen LogP contribution in [0.25, 0.3) is 0 Å². The third kappa shape index (κ3) is 5.60. The minimum Gasteiger partial charge on any atom is -0.298 e. The van der Waals surface area contributed by atoms with Crippen molar-refractivity contribution in [2.24, 2.45) is 5.41 Å². The van der Waals surface area contributed by atoms with Crippen LogP contribution in [0.5, 0.6) is 0 Å². The molecular formula is C13H26OS. The predicted octanol–water partition coefficient (Wildman–Crippen LogP) is 4.26. The van der Waals surface area contributed by atoms with Crippen molar-refractivity contribution >= 4 is 18.4 Å². The summed E-state index contributed by atoms with van der Waals surface area (Å²) in [5, 5.41) is 0. The van der Waals surface area contributed by atoms with Gasteiger partial charge in [0.15, 0.2) is 0 Å². The van der Waals surface area contributed by atoms with Gasteiger partial charge < -0.3 is 0 Å². The molecule has 1 unspecified atom stereocenters. The zero-order valence-corrected chi connectivity index (χ0v) is 11.4. The number of hydrogen-bond donors (Lipinski definition) is 1. The average Bonchev–Trinajstić information content (AvgIpc) is 2.25. The number of rotatable bonds is 9. The standard InChI is InChI=1S/C13H26OS/c1-4-6-8-10-13(3,9-7-5-2)12(14)11-15/h15H,4-11H2,1-3H3. The Morgan fingerprint density at radius 1 is 1.07 bits per heavy atom. The number of Topliss-reactive ketones (excluding diaryl/α,β-unsaturated/α-hetero) is 1. The lowest BCUT2D eigenvalue weighted by molar-refractivity contribution is -0.126. The van der Waals surface area contributed by atoms with Gasteiger partial charge in [-0.25, -0.2) is 0 Å². The van der Waals surface area contributed by atoms with Crippen LogP contribution in [0.3, 0.4) is 0 Å². The molecule has 0 aliphatic rings. The fraction of sp³-hybridized carbons (Fsp3) is 0.923. The van der Waals surface area contributed by atoms with Gasteiger partial charge in [0, 0.05) is 11.2 Å². The summed E-state index contributed by atoms with van der Waals surface area (Å²) in [5.74, 6) is 0.724. The molecule has 0 fully saturated rings. The molecule has 15 heavy (non-hydrogen) atoms. The van der Waals surface area contributed by atoms with Gasteiger partial charge >= 0.3 is 0 Å². The lowest BCUT2D eigenvalue weighted by atomic mass is 9.77. The van der Waals surface area contributed by atoms with Crippen molar-refractivity contribution in [2.45, 2.75) is 65.7 Å². The van der Waals surface area contributed by atoms with Gasteiger partial charge in [0.2, 0.25) is 0 Å². The summed E-state index contributed by atoms with van der Waals surface area (Å²) in [6, 6.07) is 0. The number of thiol groups is 1. The minimum absolute atomic E-state index is 0.104. The summed E-state index contributed by atoms with van der Waals surface area (Å²) < 4.78 is 0. The van der Waals surface area contributed by atoms with Crippen LogP contribution in [0, 0.1) is 5.41 Å². The molecule has 0 rings (SSSR count). The average molecular weight is 230 g/mol. The summed E-state index contributed by atoms with van der Waals surface area (Å²) >= 11 is 4.13. The molecule has 0 saturated carbocycles. The molecule has 2 heteroatoms. The summed E-state index contributed by atoms with van der Waals surface area (Å²) in [5.41, 5.74) is -0.104. The summed E-state index contributed by atoms with van der Waals surface area (Å²) in [6.45, 7) is 6.50. The first-order valence-corrected chi connectivity index (χ1v) is 6.88. The van der Waals surface area contributed by atoms with Gasteiger partial charge in [-0.1, -0.05) is 52.9 Å². The first kappa shape index (κ1) is 15.0. The van der Waals surface area contributed by atoms with Crippen molar-refractivity contribution in [3.05, 3.63) is 0 Å². The smallest absolute Gasteiger partial charge is 0.148 e. The summed E-state index contributed by atoms with van der Waals surface area (Å²) in [4.78, 5) is 11.9. The molecular weight excluding hydrogens is 204 g/mol. The highest BCUT2D eigenvalue weighted by Gasteiger charge is 2.30. The third-order valence-corrected chi connectivity index (χ3v) is 3.52. The second-order valence-electron chi connectivity index (χ2n) is 4.70. The van der Waals surface area contributed by atoms with Gasteiger partial charge in [0.25, 0.3) is 0 Å². The van der Waals surface area contributed by atoms with E-state index in [1.165, 1.54) is 25.7 Å². The molecule has 0 aromatic rings. The van der Waals surface area contributed by atoms with Gasteiger partial charge in [-0.05, 0) is 12.8 Å². The van der Waals surface area contributed by atoms with Gasteiger partial charge in [0.1, 0.15) is 5.78 Å². The Bertz CT molecular complexity index is 179. The van der Waals surface area contributed by atoms with Gasteiger partial charge in [-0.15, -0.1) is 0 Å². The van der Waals surface area contributed by atoms with Crippen LogP contribution in [0.4, 0.5) is 0 Å². The van der Waals surface area contributed by atoms with Crippen LogP contribution in [0.15, 0.2) is 0 Å². The topological polar surface area (TPSA) is 17.1 Å². The van der Waals surface area contributed by atoms with E-state index in [2.05, 4.69) is 33.4 Å². The van der Waals surface area contributed by atoms with E-state index in [0.717, 1.165) is 19.3 Å². The molecule has 0 aliphatic carbocycles. The molecule has 0 aromatic carbocycles. The van der Waals surface area contributed by atoms with E-state index >= 15 is 0 Å². The van der Waals surface area contributed by atoms with E-state index in [1.54, 1.807) is 0 Å². The maximum Gasteiger partial charge on any atom is 0.148 e. The van der Waals surface area contributed by atoms with Crippen molar-refractivity contribution in [1.29, 1.82) is 0 Å². The largest absolute Gasteiger partial charge is 0.298 e. The van der Waals surface area contributed by atoms with Crippen LogP contribution in [-0.4, -0.2) is 11.5 Å². The van der Waals surface area contributed by atoms with E-state index in [4.69, 9.17) is 0 Å².